The predicted molar refractivity (Wildman–Crippen MR) is 199 cm³/mol. The third-order valence-corrected chi connectivity index (χ3v) is 7.67. The normalized spacial score (nSPS) is 11.2. The van der Waals surface area contributed by atoms with E-state index in [9.17, 15) is 19.8 Å². The third-order valence-electron chi connectivity index (χ3n) is 7.67. The van der Waals surface area contributed by atoms with Crippen molar-refractivity contribution in [1.29, 1.82) is 0 Å². The number of aliphatic imine (C=N–C) groups is 2. The summed E-state index contributed by atoms with van der Waals surface area (Å²) in [5, 5.41) is 20.8. The first-order valence-corrected chi connectivity index (χ1v) is 17.4. The topological polar surface area (TPSA) is 136 Å². The van der Waals surface area contributed by atoms with Gasteiger partial charge in [0.25, 0.3) is 0 Å². The van der Waals surface area contributed by atoms with E-state index in [1.807, 2.05) is 0 Å². The molecule has 4 rings (SSSR count). The van der Waals surface area contributed by atoms with Crippen molar-refractivity contribution in [2.45, 2.75) is 58.8 Å². The molecule has 0 unspecified atom stereocenters. The van der Waals surface area contributed by atoms with Gasteiger partial charge in [-0.3, -0.25) is 9.98 Å². The number of phenols is 2. The number of hydrogen-bond acceptors (Lipinski definition) is 10. The van der Waals surface area contributed by atoms with Gasteiger partial charge in [-0.25, -0.2) is 9.59 Å². The van der Waals surface area contributed by atoms with Crippen molar-refractivity contribution in [2.24, 2.45) is 9.98 Å². The zero-order valence-corrected chi connectivity index (χ0v) is 29.3. The van der Waals surface area contributed by atoms with E-state index in [1.54, 1.807) is 85.2 Å². The van der Waals surface area contributed by atoms with Crippen LogP contribution in [0.2, 0.25) is 0 Å². The summed E-state index contributed by atoms with van der Waals surface area (Å²) in [6.45, 7) is 6.61. The first-order valence-electron chi connectivity index (χ1n) is 17.4. The molecule has 2 N–H and O–H groups in total. The number of benzene rings is 4. The van der Waals surface area contributed by atoms with E-state index in [1.165, 1.54) is 12.1 Å². The molecule has 4 aromatic rings. The fourth-order valence-electron chi connectivity index (χ4n) is 4.68. The average molecular weight is 695 g/mol. The van der Waals surface area contributed by atoms with Crippen molar-refractivity contribution in [3.05, 3.63) is 107 Å². The van der Waals surface area contributed by atoms with Crippen LogP contribution >= 0.6 is 0 Å². The molecule has 0 aromatic heterocycles. The number of nitrogens with zero attached hydrogens (tertiary/aromatic N) is 2. The zero-order chi connectivity index (χ0) is 36.3. The number of phenolic OH excluding ortho intramolecular Hbond substituents is 2. The number of ether oxygens (including phenoxy) is 4. The van der Waals surface area contributed by atoms with Gasteiger partial charge in [-0.2, -0.15) is 0 Å². The van der Waals surface area contributed by atoms with Crippen LogP contribution in [0.15, 0.2) is 94.9 Å². The average Bonchev–Trinajstić information content (AvgIpc) is 3.13. The third kappa shape index (κ3) is 13.0. The summed E-state index contributed by atoms with van der Waals surface area (Å²) < 4.78 is 22.1. The van der Waals surface area contributed by atoms with Crippen molar-refractivity contribution in [2.75, 3.05) is 26.3 Å². The fourth-order valence-corrected chi connectivity index (χ4v) is 4.68. The number of hydrogen-bond donors (Lipinski definition) is 2. The quantitative estimate of drug-likeness (QED) is 0.0406. The molecular formula is C41H46N2O8. The Morgan fingerprint density at radius 2 is 0.941 bits per heavy atom. The van der Waals surface area contributed by atoms with Gasteiger partial charge < -0.3 is 29.2 Å². The van der Waals surface area contributed by atoms with Gasteiger partial charge in [0, 0.05) is 48.8 Å². The molecule has 4 aromatic carbocycles. The molecule has 0 radical (unpaired) electrons. The molecule has 0 spiro atoms. The lowest BCUT2D eigenvalue weighted by Crippen LogP contribution is -2.08. The highest BCUT2D eigenvalue weighted by Gasteiger charge is 2.12. The number of carbonyl (C=O) groups excluding carboxylic acids is 2. The number of rotatable bonds is 20. The standard InChI is InChI=1S/C41H46N2O8/c1-3-5-24-48-34-16-10-30(11-17-34)40(46)50-36-20-14-32(38(44)26-36)28-42-22-8-7-9-23-43-29-33-15-21-37(27-39(33)45)51-41(47)31-12-18-35(19-13-31)49-25-6-4-2/h10-21,26-29,44-45H,3-9,22-25H2,1-2H3. The molecule has 268 valence electrons. The Hall–Kier alpha value is -5.64. The van der Waals surface area contributed by atoms with E-state index in [0.29, 0.717) is 60.1 Å². The van der Waals surface area contributed by atoms with Gasteiger partial charge in [-0.15, -0.1) is 0 Å². The maximum Gasteiger partial charge on any atom is 0.343 e. The lowest BCUT2D eigenvalue weighted by molar-refractivity contribution is 0.0724. The predicted octanol–water partition coefficient (Wildman–Crippen LogP) is 8.60. The summed E-state index contributed by atoms with van der Waals surface area (Å²) in [6, 6.07) is 22.8. The first-order chi connectivity index (χ1) is 24.9. The summed E-state index contributed by atoms with van der Waals surface area (Å²) in [5.41, 5.74) is 1.81. The number of esters is 2. The van der Waals surface area contributed by atoms with Crippen LogP contribution in [-0.4, -0.2) is 60.9 Å². The lowest BCUT2D eigenvalue weighted by Gasteiger charge is -2.08. The van der Waals surface area contributed by atoms with Crippen LogP contribution in [0.1, 0.15) is 90.6 Å². The van der Waals surface area contributed by atoms with Crippen molar-refractivity contribution in [3.63, 3.8) is 0 Å². The molecule has 0 fully saturated rings. The van der Waals surface area contributed by atoms with Crippen LogP contribution < -0.4 is 18.9 Å². The number of carbonyl (C=O) groups is 2. The first kappa shape index (κ1) is 38.2. The summed E-state index contributed by atoms with van der Waals surface area (Å²) in [5.74, 6) is 0.734. The molecule has 0 aliphatic rings. The Morgan fingerprint density at radius 3 is 1.31 bits per heavy atom. The molecule has 0 aliphatic carbocycles. The van der Waals surface area contributed by atoms with Crippen LogP contribution in [0.25, 0.3) is 0 Å². The highest BCUT2D eigenvalue weighted by Crippen LogP contribution is 2.25. The minimum atomic E-state index is -0.528. The maximum absolute atomic E-state index is 12.5. The van der Waals surface area contributed by atoms with Gasteiger partial charge >= 0.3 is 11.9 Å². The lowest BCUT2D eigenvalue weighted by atomic mass is 10.2. The Kier molecular flexibility index (Phi) is 15.5. The highest BCUT2D eigenvalue weighted by atomic mass is 16.5. The van der Waals surface area contributed by atoms with E-state index in [2.05, 4.69) is 23.8 Å². The smallest absolute Gasteiger partial charge is 0.343 e. The van der Waals surface area contributed by atoms with Crippen LogP contribution in [0.5, 0.6) is 34.5 Å². The van der Waals surface area contributed by atoms with Crippen LogP contribution in [0.4, 0.5) is 0 Å². The van der Waals surface area contributed by atoms with Crippen LogP contribution in [-0.2, 0) is 0 Å². The van der Waals surface area contributed by atoms with E-state index >= 15 is 0 Å². The number of unbranched alkanes of at least 4 members (excludes halogenated alkanes) is 4. The maximum atomic E-state index is 12.5. The van der Waals surface area contributed by atoms with E-state index in [4.69, 9.17) is 18.9 Å². The minimum absolute atomic E-state index is 0.0363. The Morgan fingerprint density at radius 1 is 0.549 bits per heavy atom. The Labute approximate surface area is 299 Å². The summed E-state index contributed by atoms with van der Waals surface area (Å²) in [6.07, 6.45) is 9.79. The molecule has 0 saturated carbocycles. The second-order valence-corrected chi connectivity index (χ2v) is 11.8. The van der Waals surface area contributed by atoms with Crippen LogP contribution in [0.3, 0.4) is 0 Å². The van der Waals surface area contributed by atoms with Gasteiger partial charge in [-0.1, -0.05) is 26.7 Å². The molecule has 0 bridgehead atoms. The Bertz CT molecular complexity index is 1620. The fraction of sp³-hybridized carbons (Fsp3) is 0.317. The largest absolute Gasteiger partial charge is 0.507 e. The van der Waals surface area contributed by atoms with Gasteiger partial charge in [0.2, 0.25) is 0 Å². The summed E-state index contributed by atoms with van der Waals surface area (Å²) >= 11 is 0. The van der Waals surface area contributed by atoms with Gasteiger partial charge in [0.05, 0.1) is 24.3 Å². The van der Waals surface area contributed by atoms with Crippen molar-refractivity contribution < 1.29 is 38.7 Å². The van der Waals surface area contributed by atoms with Crippen molar-refractivity contribution in [1.82, 2.24) is 0 Å². The van der Waals surface area contributed by atoms with E-state index < -0.39 is 11.9 Å². The summed E-state index contributed by atoms with van der Waals surface area (Å²) in [4.78, 5) is 33.8. The highest BCUT2D eigenvalue weighted by molar-refractivity contribution is 5.92. The Balaban J connectivity index is 1.12. The molecule has 0 saturated heterocycles. The monoisotopic (exact) mass is 694 g/mol. The molecule has 0 amide bonds. The van der Waals surface area contributed by atoms with Gasteiger partial charge in [-0.05, 0) is 105 Å². The second kappa shape index (κ2) is 20.8. The molecule has 10 nitrogen and oxygen atoms in total. The van der Waals surface area contributed by atoms with Gasteiger partial charge in [0.15, 0.2) is 0 Å². The second-order valence-electron chi connectivity index (χ2n) is 11.8. The number of aromatic hydroxyl groups is 2. The van der Waals surface area contributed by atoms with E-state index in [0.717, 1.165) is 44.9 Å². The molecular weight excluding hydrogens is 648 g/mol. The van der Waals surface area contributed by atoms with Crippen molar-refractivity contribution >= 4 is 24.4 Å². The molecule has 0 atom stereocenters. The SMILES string of the molecule is CCCCOc1ccc(C(=O)Oc2ccc(C=NCCCCCN=Cc3ccc(OC(=O)c4ccc(OCCCC)cc4)cc3O)c(O)c2)cc1. The molecule has 10 heteroatoms. The minimum Gasteiger partial charge on any atom is -0.507 e. The summed E-state index contributed by atoms with van der Waals surface area (Å²) in [7, 11) is 0. The molecule has 51 heavy (non-hydrogen) atoms. The van der Waals surface area contributed by atoms with Crippen LogP contribution in [0, 0.1) is 0 Å². The van der Waals surface area contributed by atoms with E-state index in [-0.39, 0.29) is 23.0 Å². The van der Waals surface area contributed by atoms with Crippen molar-refractivity contribution in [3.8, 4) is 34.5 Å². The molecule has 0 heterocycles. The molecule has 0 aliphatic heterocycles. The van der Waals surface area contributed by atoms with Gasteiger partial charge in [0.1, 0.15) is 34.5 Å². The zero-order valence-electron chi connectivity index (χ0n) is 29.3.